The Morgan fingerprint density at radius 2 is 1.50 bits per heavy atom. The van der Waals surface area contributed by atoms with E-state index in [9.17, 15) is 9.59 Å². The third-order valence-corrected chi connectivity index (χ3v) is 5.27. The second-order valence-corrected chi connectivity index (χ2v) is 7.41. The van der Waals surface area contributed by atoms with Gasteiger partial charge in [0.2, 0.25) is 11.6 Å². The van der Waals surface area contributed by atoms with Crippen LogP contribution in [0.4, 0.5) is 0 Å². The minimum atomic E-state index is -0.656. The van der Waals surface area contributed by atoms with E-state index in [0.717, 1.165) is 0 Å². The lowest BCUT2D eigenvalue weighted by Crippen LogP contribution is -2.10. The molecular weight excluding hydrogens is 466 g/mol. The summed E-state index contributed by atoms with van der Waals surface area (Å²) in [6.45, 7) is 0. The van der Waals surface area contributed by atoms with Crippen LogP contribution in [0.2, 0.25) is 0 Å². The van der Waals surface area contributed by atoms with Crippen molar-refractivity contribution in [2.24, 2.45) is 4.99 Å². The van der Waals surface area contributed by atoms with E-state index in [2.05, 4.69) is 4.99 Å². The summed E-state index contributed by atoms with van der Waals surface area (Å²) >= 11 is 0. The number of rotatable bonds is 8. The fourth-order valence-corrected chi connectivity index (χ4v) is 3.46. The number of ether oxygens (including phenoxy) is 6. The van der Waals surface area contributed by atoms with Gasteiger partial charge in [0.25, 0.3) is 0 Å². The van der Waals surface area contributed by atoms with Crippen molar-refractivity contribution in [1.82, 2.24) is 0 Å². The number of benzene rings is 3. The maximum atomic E-state index is 13.0. The summed E-state index contributed by atoms with van der Waals surface area (Å²) in [5.74, 6) is 0.768. The maximum Gasteiger partial charge on any atom is 0.363 e. The lowest BCUT2D eigenvalue weighted by molar-refractivity contribution is -0.129. The normalized spacial score (nSPS) is 13.6. The van der Waals surface area contributed by atoms with Gasteiger partial charge in [-0.15, -0.1) is 0 Å². The van der Waals surface area contributed by atoms with Crippen molar-refractivity contribution in [1.29, 1.82) is 0 Å². The highest BCUT2D eigenvalue weighted by Crippen LogP contribution is 2.38. The van der Waals surface area contributed by atoms with Crippen LogP contribution in [-0.4, -0.2) is 46.3 Å². The van der Waals surface area contributed by atoms with Crippen molar-refractivity contribution in [2.75, 3.05) is 28.4 Å². The first-order valence-electron chi connectivity index (χ1n) is 10.8. The van der Waals surface area contributed by atoms with E-state index in [4.69, 9.17) is 28.4 Å². The number of carbonyl (C=O) groups excluding carboxylic acids is 2. The van der Waals surface area contributed by atoms with E-state index in [1.807, 2.05) is 0 Å². The lowest BCUT2D eigenvalue weighted by atomic mass is 10.1. The van der Waals surface area contributed by atoms with E-state index in [0.29, 0.717) is 34.1 Å². The smallest absolute Gasteiger partial charge is 0.363 e. The first kappa shape index (κ1) is 24.3. The molecule has 0 aliphatic carbocycles. The van der Waals surface area contributed by atoms with Gasteiger partial charge >= 0.3 is 11.9 Å². The van der Waals surface area contributed by atoms with Crippen LogP contribution in [0.15, 0.2) is 71.4 Å². The highest BCUT2D eigenvalue weighted by Gasteiger charge is 2.25. The number of aliphatic imine (C=N–C) groups is 1. The molecule has 3 aromatic carbocycles. The minimum absolute atomic E-state index is 0.0668. The van der Waals surface area contributed by atoms with Gasteiger partial charge in [0.1, 0.15) is 11.5 Å². The molecule has 3 aromatic rings. The number of cyclic esters (lactones) is 1. The molecule has 0 spiro atoms. The topological polar surface area (TPSA) is 102 Å². The summed E-state index contributed by atoms with van der Waals surface area (Å²) in [5, 5.41) is 0. The molecular formula is C27H23NO8. The molecule has 0 fully saturated rings. The Balaban J connectivity index is 1.62. The molecule has 0 saturated carbocycles. The van der Waals surface area contributed by atoms with Gasteiger partial charge in [0.05, 0.1) is 34.0 Å². The van der Waals surface area contributed by atoms with E-state index in [1.54, 1.807) is 55.6 Å². The van der Waals surface area contributed by atoms with Gasteiger partial charge in [-0.3, -0.25) is 0 Å². The van der Waals surface area contributed by atoms with Gasteiger partial charge in [-0.05, 0) is 48.5 Å². The van der Waals surface area contributed by atoms with Crippen LogP contribution >= 0.6 is 0 Å². The molecule has 0 radical (unpaired) electrons. The number of esters is 2. The monoisotopic (exact) mass is 489 g/mol. The number of para-hydroxylation sites is 1. The number of carbonyl (C=O) groups is 2. The third-order valence-electron chi connectivity index (χ3n) is 5.27. The first-order valence-corrected chi connectivity index (χ1v) is 10.8. The van der Waals surface area contributed by atoms with Gasteiger partial charge in [0.15, 0.2) is 17.2 Å². The largest absolute Gasteiger partial charge is 0.497 e. The zero-order valence-electron chi connectivity index (χ0n) is 20.1. The van der Waals surface area contributed by atoms with Crippen LogP contribution in [0.25, 0.3) is 6.08 Å². The Morgan fingerprint density at radius 1 is 0.833 bits per heavy atom. The Labute approximate surface area is 207 Å². The summed E-state index contributed by atoms with van der Waals surface area (Å²) < 4.78 is 32.0. The van der Waals surface area contributed by atoms with Crippen molar-refractivity contribution in [3.8, 4) is 28.7 Å². The molecule has 9 heteroatoms. The van der Waals surface area contributed by atoms with Gasteiger partial charge in [-0.25, -0.2) is 14.6 Å². The quantitative estimate of drug-likeness (QED) is 0.262. The molecule has 0 unspecified atom stereocenters. The number of hydrogen-bond acceptors (Lipinski definition) is 9. The summed E-state index contributed by atoms with van der Waals surface area (Å²) in [4.78, 5) is 29.7. The highest BCUT2D eigenvalue weighted by atomic mass is 16.6. The fourth-order valence-electron chi connectivity index (χ4n) is 3.46. The van der Waals surface area contributed by atoms with Crippen molar-refractivity contribution in [3.63, 3.8) is 0 Å². The molecule has 0 atom stereocenters. The molecule has 1 aliphatic heterocycles. The van der Waals surface area contributed by atoms with Crippen LogP contribution in [-0.2, 0) is 9.53 Å². The molecule has 0 bridgehead atoms. The Bertz CT molecular complexity index is 1330. The van der Waals surface area contributed by atoms with Gasteiger partial charge < -0.3 is 28.4 Å². The van der Waals surface area contributed by atoms with E-state index in [-0.39, 0.29) is 22.9 Å². The predicted octanol–water partition coefficient (Wildman–Crippen LogP) is 4.28. The second-order valence-electron chi connectivity index (χ2n) is 7.41. The Kier molecular flexibility index (Phi) is 7.20. The number of methoxy groups -OCH3 is 4. The molecule has 4 rings (SSSR count). The standard InChI is InChI=1S/C27H23NO8/c1-31-19-11-9-16(10-12-19)25-28-20(27(30)36-25)13-17-7-5-6-8-21(17)35-26(29)18-14-22(32-2)24(34-4)23(15-18)33-3/h5-15H,1-4H3/b20-13+. The van der Waals surface area contributed by atoms with Crippen molar-refractivity contribution in [2.45, 2.75) is 0 Å². The summed E-state index contributed by atoms with van der Waals surface area (Å²) in [6, 6.07) is 16.7. The molecule has 36 heavy (non-hydrogen) atoms. The second kappa shape index (κ2) is 10.6. The maximum absolute atomic E-state index is 13.0. The highest BCUT2D eigenvalue weighted by molar-refractivity contribution is 6.13. The molecule has 0 saturated heterocycles. The number of hydrogen-bond donors (Lipinski definition) is 0. The summed E-state index contributed by atoms with van der Waals surface area (Å²) in [6.07, 6.45) is 1.50. The first-order chi connectivity index (χ1) is 17.5. The van der Waals surface area contributed by atoms with Gasteiger partial charge in [-0.2, -0.15) is 0 Å². The van der Waals surface area contributed by atoms with Crippen molar-refractivity contribution in [3.05, 3.63) is 83.1 Å². The summed E-state index contributed by atoms with van der Waals surface area (Å²) in [5.41, 5.74) is 1.34. The Hall–Kier alpha value is -4.79. The van der Waals surface area contributed by atoms with E-state index < -0.39 is 11.9 Å². The lowest BCUT2D eigenvalue weighted by Gasteiger charge is -2.14. The molecule has 184 valence electrons. The third kappa shape index (κ3) is 5.00. The fraction of sp³-hybridized carbons (Fsp3) is 0.148. The molecule has 0 amide bonds. The van der Waals surface area contributed by atoms with Crippen LogP contribution in [0, 0.1) is 0 Å². The molecule has 0 aromatic heterocycles. The molecule has 1 aliphatic rings. The molecule has 0 N–H and O–H groups in total. The van der Waals surface area contributed by atoms with Crippen LogP contribution < -0.4 is 23.7 Å². The van der Waals surface area contributed by atoms with E-state index in [1.165, 1.54) is 39.5 Å². The average Bonchev–Trinajstić information content (AvgIpc) is 3.28. The SMILES string of the molecule is COc1ccc(C2=N/C(=C/c3ccccc3OC(=O)c3cc(OC)c(OC)c(OC)c3)C(=O)O2)cc1. The Morgan fingerprint density at radius 3 is 2.11 bits per heavy atom. The van der Waals surface area contributed by atoms with Gasteiger partial charge in [-0.1, -0.05) is 18.2 Å². The van der Waals surface area contributed by atoms with Crippen LogP contribution in [0.3, 0.4) is 0 Å². The van der Waals surface area contributed by atoms with Gasteiger partial charge in [0, 0.05) is 11.1 Å². The van der Waals surface area contributed by atoms with Crippen molar-refractivity contribution >= 4 is 23.9 Å². The molecule has 9 nitrogen and oxygen atoms in total. The summed E-state index contributed by atoms with van der Waals surface area (Å²) in [7, 11) is 5.94. The molecule has 1 heterocycles. The number of nitrogens with zero attached hydrogens (tertiary/aromatic N) is 1. The van der Waals surface area contributed by atoms with E-state index >= 15 is 0 Å². The van der Waals surface area contributed by atoms with Crippen molar-refractivity contribution < 1.29 is 38.0 Å². The minimum Gasteiger partial charge on any atom is -0.497 e. The van der Waals surface area contributed by atoms with Crippen LogP contribution in [0.5, 0.6) is 28.7 Å². The van der Waals surface area contributed by atoms with Crippen LogP contribution in [0.1, 0.15) is 21.5 Å². The average molecular weight is 489 g/mol. The zero-order valence-corrected chi connectivity index (χ0v) is 20.1. The zero-order chi connectivity index (χ0) is 25.7. The predicted molar refractivity (Wildman–Crippen MR) is 131 cm³/mol.